The minimum atomic E-state index is -0.811. The molecule has 2 rings (SSSR count). The van der Waals surface area contributed by atoms with Crippen LogP contribution < -0.4 is 11.1 Å². The van der Waals surface area contributed by atoms with E-state index >= 15 is 0 Å². The zero-order valence-electron chi connectivity index (χ0n) is 11.5. The SMILES string of the molecule is CC(C(=O)O)C1CN(CC(=O)Nc2sccc2C(N)=O)C1. The van der Waals surface area contributed by atoms with Crippen LogP contribution in [0.1, 0.15) is 17.3 Å². The van der Waals surface area contributed by atoms with Crippen LogP contribution >= 0.6 is 11.3 Å². The van der Waals surface area contributed by atoms with Crippen molar-refractivity contribution in [2.24, 2.45) is 17.6 Å². The number of carboxylic acid groups (broad SMARTS) is 1. The Bertz CT molecular complexity index is 566. The van der Waals surface area contributed by atoms with Crippen molar-refractivity contribution in [2.45, 2.75) is 6.92 Å². The molecule has 4 N–H and O–H groups in total. The van der Waals surface area contributed by atoms with Crippen molar-refractivity contribution in [3.8, 4) is 0 Å². The maximum atomic E-state index is 11.9. The van der Waals surface area contributed by atoms with E-state index in [1.165, 1.54) is 11.3 Å². The van der Waals surface area contributed by atoms with E-state index in [1.807, 2.05) is 4.90 Å². The Labute approximate surface area is 125 Å². The van der Waals surface area contributed by atoms with E-state index in [1.54, 1.807) is 18.4 Å². The number of primary amides is 1. The predicted octanol–water partition coefficient (Wildman–Crippen LogP) is 0.438. The second kappa shape index (κ2) is 6.23. The Balaban J connectivity index is 1.80. The van der Waals surface area contributed by atoms with Gasteiger partial charge in [0.2, 0.25) is 5.91 Å². The summed E-state index contributed by atoms with van der Waals surface area (Å²) < 4.78 is 0. The molecule has 0 aliphatic carbocycles. The van der Waals surface area contributed by atoms with Crippen LogP contribution in [0.5, 0.6) is 0 Å². The smallest absolute Gasteiger partial charge is 0.306 e. The summed E-state index contributed by atoms with van der Waals surface area (Å²) in [5.74, 6) is -1.94. The van der Waals surface area contributed by atoms with Gasteiger partial charge in [-0.1, -0.05) is 6.92 Å². The summed E-state index contributed by atoms with van der Waals surface area (Å²) in [5, 5.41) is 13.7. The zero-order chi connectivity index (χ0) is 15.6. The molecule has 114 valence electrons. The van der Waals surface area contributed by atoms with Crippen LogP contribution in [0, 0.1) is 11.8 Å². The zero-order valence-corrected chi connectivity index (χ0v) is 12.4. The van der Waals surface area contributed by atoms with Gasteiger partial charge in [-0.3, -0.25) is 19.3 Å². The van der Waals surface area contributed by atoms with Gasteiger partial charge in [-0.25, -0.2) is 0 Å². The summed E-state index contributed by atoms with van der Waals surface area (Å²) in [6.07, 6.45) is 0. The lowest BCUT2D eigenvalue weighted by molar-refractivity contribution is -0.145. The highest BCUT2D eigenvalue weighted by molar-refractivity contribution is 7.14. The molecule has 2 amide bonds. The van der Waals surface area contributed by atoms with Crippen LogP contribution in [-0.4, -0.2) is 47.4 Å². The fourth-order valence-electron chi connectivity index (χ4n) is 2.23. The summed E-state index contributed by atoms with van der Waals surface area (Å²) in [6, 6.07) is 1.57. The molecule has 1 aromatic rings. The molecule has 0 spiro atoms. The van der Waals surface area contributed by atoms with Crippen LogP contribution in [0.25, 0.3) is 0 Å². The number of nitrogens with two attached hydrogens (primary N) is 1. The molecular formula is C13H17N3O4S. The van der Waals surface area contributed by atoms with Crippen molar-refractivity contribution in [2.75, 3.05) is 25.0 Å². The third-order valence-electron chi connectivity index (χ3n) is 3.63. The number of carbonyl (C=O) groups is 3. The van der Waals surface area contributed by atoms with Crippen molar-refractivity contribution in [3.63, 3.8) is 0 Å². The highest BCUT2D eigenvalue weighted by Crippen LogP contribution is 2.25. The molecule has 1 aliphatic heterocycles. The molecule has 7 nitrogen and oxygen atoms in total. The molecule has 0 bridgehead atoms. The Morgan fingerprint density at radius 1 is 1.52 bits per heavy atom. The molecule has 0 aromatic carbocycles. The minimum Gasteiger partial charge on any atom is -0.481 e. The lowest BCUT2D eigenvalue weighted by atomic mass is 9.87. The number of nitrogens with zero attached hydrogens (tertiary/aromatic N) is 1. The number of nitrogens with one attached hydrogen (secondary N) is 1. The number of carboxylic acids is 1. The lowest BCUT2D eigenvalue weighted by Crippen LogP contribution is -2.53. The third-order valence-corrected chi connectivity index (χ3v) is 4.46. The van der Waals surface area contributed by atoms with Crippen LogP contribution in [-0.2, 0) is 9.59 Å². The molecule has 0 radical (unpaired) electrons. The molecule has 0 saturated carbocycles. The molecular weight excluding hydrogens is 294 g/mol. The van der Waals surface area contributed by atoms with Crippen LogP contribution in [0.3, 0.4) is 0 Å². The number of aliphatic carboxylic acids is 1. The van der Waals surface area contributed by atoms with Crippen molar-refractivity contribution < 1.29 is 19.5 Å². The van der Waals surface area contributed by atoms with Gasteiger partial charge < -0.3 is 16.2 Å². The Hall–Kier alpha value is -1.93. The van der Waals surface area contributed by atoms with Gasteiger partial charge in [0.1, 0.15) is 5.00 Å². The van der Waals surface area contributed by atoms with E-state index < -0.39 is 17.8 Å². The molecule has 1 unspecified atom stereocenters. The monoisotopic (exact) mass is 311 g/mol. The van der Waals surface area contributed by atoms with E-state index in [0.29, 0.717) is 23.7 Å². The molecule has 1 aliphatic rings. The van der Waals surface area contributed by atoms with Gasteiger partial charge in [0.25, 0.3) is 5.91 Å². The standard InChI is InChI=1S/C13H17N3O4S/c1-7(13(19)20)8-4-16(5-8)6-10(17)15-12-9(11(14)18)2-3-21-12/h2-3,7-8H,4-6H2,1H3,(H2,14,18)(H,15,17)(H,19,20). The topological polar surface area (TPSA) is 113 Å². The van der Waals surface area contributed by atoms with Gasteiger partial charge in [0.15, 0.2) is 0 Å². The number of rotatable bonds is 6. The number of amides is 2. The van der Waals surface area contributed by atoms with Crippen LogP contribution in [0.2, 0.25) is 0 Å². The first-order chi connectivity index (χ1) is 9.88. The van der Waals surface area contributed by atoms with Crippen molar-refractivity contribution in [1.29, 1.82) is 0 Å². The van der Waals surface area contributed by atoms with Crippen molar-refractivity contribution in [3.05, 3.63) is 17.0 Å². The Morgan fingerprint density at radius 2 is 2.19 bits per heavy atom. The van der Waals surface area contributed by atoms with E-state index in [4.69, 9.17) is 10.8 Å². The van der Waals surface area contributed by atoms with Gasteiger partial charge in [-0.05, 0) is 17.4 Å². The average molecular weight is 311 g/mol. The second-order valence-electron chi connectivity index (χ2n) is 5.16. The van der Waals surface area contributed by atoms with E-state index in [-0.39, 0.29) is 18.4 Å². The van der Waals surface area contributed by atoms with E-state index in [2.05, 4.69) is 5.32 Å². The fourth-order valence-corrected chi connectivity index (χ4v) is 3.03. The lowest BCUT2D eigenvalue weighted by Gasteiger charge is -2.40. The van der Waals surface area contributed by atoms with E-state index in [9.17, 15) is 14.4 Å². The summed E-state index contributed by atoms with van der Waals surface area (Å²) >= 11 is 1.24. The number of carbonyl (C=O) groups excluding carboxylic acids is 2. The number of anilines is 1. The predicted molar refractivity (Wildman–Crippen MR) is 78.2 cm³/mol. The Morgan fingerprint density at radius 3 is 2.76 bits per heavy atom. The first-order valence-corrected chi connectivity index (χ1v) is 7.38. The molecule has 8 heteroatoms. The quantitative estimate of drug-likeness (QED) is 0.705. The molecule has 1 atom stereocenters. The second-order valence-corrected chi connectivity index (χ2v) is 6.07. The molecule has 1 saturated heterocycles. The largest absolute Gasteiger partial charge is 0.481 e. The van der Waals surface area contributed by atoms with Gasteiger partial charge in [0.05, 0.1) is 18.0 Å². The summed E-state index contributed by atoms with van der Waals surface area (Å²) in [4.78, 5) is 35.7. The highest BCUT2D eigenvalue weighted by atomic mass is 32.1. The normalized spacial score (nSPS) is 17.0. The minimum absolute atomic E-state index is 0.0817. The number of hydrogen-bond donors (Lipinski definition) is 3. The first-order valence-electron chi connectivity index (χ1n) is 6.50. The van der Waals surface area contributed by atoms with Crippen molar-refractivity contribution in [1.82, 2.24) is 4.90 Å². The molecule has 1 aromatic heterocycles. The average Bonchev–Trinajstić information content (AvgIpc) is 2.80. The van der Waals surface area contributed by atoms with Crippen molar-refractivity contribution >= 4 is 34.1 Å². The van der Waals surface area contributed by atoms with Gasteiger partial charge in [-0.15, -0.1) is 11.3 Å². The number of likely N-dealkylation sites (tertiary alicyclic amines) is 1. The fraction of sp³-hybridized carbons (Fsp3) is 0.462. The van der Waals surface area contributed by atoms with Gasteiger partial charge >= 0.3 is 5.97 Å². The van der Waals surface area contributed by atoms with E-state index in [0.717, 1.165) is 0 Å². The molecule has 1 fully saturated rings. The van der Waals surface area contributed by atoms with Gasteiger partial charge in [-0.2, -0.15) is 0 Å². The maximum absolute atomic E-state index is 11.9. The van der Waals surface area contributed by atoms with Gasteiger partial charge in [0, 0.05) is 13.1 Å². The van der Waals surface area contributed by atoms with Crippen LogP contribution in [0.4, 0.5) is 5.00 Å². The maximum Gasteiger partial charge on any atom is 0.306 e. The summed E-state index contributed by atoms with van der Waals surface area (Å²) in [5.41, 5.74) is 5.50. The molecule has 21 heavy (non-hydrogen) atoms. The number of hydrogen-bond acceptors (Lipinski definition) is 5. The summed E-state index contributed by atoms with van der Waals surface area (Å²) in [6.45, 7) is 3.04. The molecule has 2 heterocycles. The highest BCUT2D eigenvalue weighted by Gasteiger charge is 2.35. The third kappa shape index (κ3) is 3.59. The summed E-state index contributed by atoms with van der Waals surface area (Å²) in [7, 11) is 0. The Kier molecular flexibility index (Phi) is 4.59. The first kappa shape index (κ1) is 15.5. The number of thiophene rings is 1. The van der Waals surface area contributed by atoms with Crippen LogP contribution in [0.15, 0.2) is 11.4 Å².